The number of fused-ring (bicyclic) bond motifs is 1. The second kappa shape index (κ2) is 4.51. The van der Waals surface area contributed by atoms with Crippen molar-refractivity contribution in [2.75, 3.05) is 6.61 Å². The molecular weight excluding hydrogens is 210 g/mol. The normalized spacial score (nSPS) is 13.1. The van der Waals surface area contributed by atoms with Crippen molar-refractivity contribution in [1.82, 2.24) is 4.98 Å². The Kier molecular flexibility index (Phi) is 3.07. The van der Waals surface area contributed by atoms with E-state index < -0.39 is 11.9 Å². The van der Waals surface area contributed by atoms with Crippen LogP contribution in [0.2, 0.25) is 0 Å². The fourth-order valence-electron chi connectivity index (χ4n) is 1.63. The topological polar surface area (TPSA) is 86.5 Å². The van der Waals surface area contributed by atoms with Gasteiger partial charge in [-0.25, -0.2) is 4.79 Å². The smallest absolute Gasteiger partial charge is 0.408 e. The van der Waals surface area contributed by atoms with Gasteiger partial charge in [0.2, 0.25) is 0 Å². The minimum atomic E-state index is -0.630. The Morgan fingerprint density at radius 1 is 1.44 bits per heavy atom. The van der Waals surface area contributed by atoms with Gasteiger partial charge in [-0.2, -0.15) is 0 Å². The van der Waals surface area contributed by atoms with Crippen molar-refractivity contribution < 1.29 is 14.6 Å². The molecule has 0 saturated heterocycles. The van der Waals surface area contributed by atoms with Crippen molar-refractivity contribution in [3.63, 3.8) is 0 Å². The lowest BCUT2D eigenvalue weighted by Gasteiger charge is -2.09. The number of hydrogen-bond acceptors (Lipinski definition) is 4. The molecule has 5 heteroatoms. The third-order valence-electron chi connectivity index (χ3n) is 2.46. The van der Waals surface area contributed by atoms with E-state index in [1.165, 1.54) is 0 Å². The number of hydrogen-bond donors (Lipinski definition) is 3. The van der Waals surface area contributed by atoms with Gasteiger partial charge < -0.3 is 14.6 Å². The third kappa shape index (κ3) is 2.15. The van der Waals surface area contributed by atoms with E-state index in [-0.39, 0.29) is 6.61 Å². The molecule has 2 rings (SSSR count). The Hall–Kier alpha value is -1.59. The van der Waals surface area contributed by atoms with Crippen molar-refractivity contribution in [2.24, 2.45) is 0 Å². The fraction of sp³-hybridized carbons (Fsp3) is 0.364. The molecule has 0 bridgehead atoms. The summed E-state index contributed by atoms with van der Waals surface area (Å²) in [5, 5.41) is 18.4. The first-order chi connectivity index (χ1) is 7.70. The van der Waals surface area contributed by atoms with Gasteiger partial charge >= 0.3 is 5.76 Å². The highest BCUT2D eigenvalue weighted by Gasteiger charge is 2.09. The number of H-pyrrole nitrogens is 1. The lowest BCUT2D eigenvalue weighted by Crippen LogP contribution is -1.98. The van der Waals surface area contributed by atoms with E-state index in [1.54, 1.807) is 18.2 Å². The zero-order chi connectivity index (χ0) is 11.5. The molecule has 0 fully saturated rings. The van der Waals surface area contributed by atoms with Crippen LogP contribution in [0.25, 0.3) is 11.1 Å². The summed E-state index contributed by atoms with van der Waals surface area (Å²) in [6, 6.07) is 5.04. The molecule has 86 valence electrons. The molecule has 5 nitrogen and oxygen atoms in total. The van der Waals surface area contributed by atoms with Crippen LogP contribution in [-0.2, 0) is 0 Å². The Morgan fingerprint density at radius 2 is 2.25 bits per heavy atom. The molecular formula is C11H13NO4. The zero-order valence-electron chi connectivity index (χ0n) is 8.64. The van der Waals surface area contributed by atoms with E-state index in [0.29, 0.717) is 29.5 Å². The van der Waals surface area contributed by atoms with E-state index in [1.807, 2.05) is 0 Å². The number of rotatable bonds is 4. The molecule has 3 N–H and O–H groups in total. The molecule has 1 unspecified atom stereocenters. The molecule has 1 aromatic heterocycles. The van der Waals surface area contributed by atoms with Crippen molar-refractivity contribution in [2.45, 2.75) is 18.9 Å². The molecule has 0 spiro atoms. The van der Waals surface area contributed by atoms with Crippen LogP contribution in [0.3, 0.4) is 0 Å². The Morgan fingerprint density at radius 3 is 3.00 bits per heavy atom. The first kappa shape index (κ1) is 10.9. The van der Waals surface area contributed by atoms with Crippen LogP contribution in [0.1, 0.15) is 24.5 Å². The van der Waals surface area contributed by atoms with E-state index in [9.17, 15) is 9.90 Å². The highest BCUT2D eigenvalue weighted by atomic mass is 16.4. The predicted molar refractivity (Wildman–Crippen MR) is 58.1 cm³/mol. The molecule has 0 amide bonds. The first-order valence-electron chi connectivity index (χ1n) is 5.12. The summed E-state index contributed by atoms with van der Waals surface area (Å²) >= 11 is 0. The molecule has 1 atom stereocenters. The van der Waals surface area contributed by atoms with Gasteiger partial charge in [-0.1, -0.05) is 6.07 Å². The Balaban J connectivity index is 2.27. The maximum atomic E-state index is 10.9. The van der Waals surface area contributed by atoms with Crippen molar-refractivity contribution >= 4 is 11.1 Å². The predicted octanol–water partition coefficient (Wildman–Crippen LogP) is 0.927. The summed E-state index contributed by atoms with van der Waals surface area (Å²) in [5.74, 6) is -0.503. The summed E-state index contributed by atoms with van der Waals surface area (Å²) in [6.45, 7) is 0.0574. The molecule has 2 aromatic rings. The second-order valence-corrected chi connectivity index (χ2v) is 3.65. The Labute approximate surface area is 91.3 Å². The van der Waals surface area contributed by atoms with Gasteiger partial charge in [0.1, 0.15) is 0 Å². The number of aromatic amines is 1. The largest absolute Gasteiger partial charge is 0.417 e. The molecule has 1 aromatic carbocycles. The zero-order valence-corrected chi connectivity index (χ0v) is 8.64. The Bertz CT molecular complexity index is 528. The van der Waals surface area contributed by atoms with Gasteiger partial charge in [0.05, 0.1) is 11.6 Å². The average Bonchev–Trinajstić information content (AvgIpc) is 2.64. The van der Waals surface area contributed by atoms with E-state index in [2.05, 4.69) is 4.98 Å². The maximum absolute atomic E-state index is 10.9. The highest BCUT2D eigenvalue weighted by molar-refractivity contribution is 5.72. The van der Waals surface area contributed by atoms with Crippen molar-refractivity contribution in [3.05, 3.63) is 34.3 Å². The van der Waals surface area contributed by atoms with Crippen LogP contribution in [0.15, 0.2) is 27.4 Å². The number of benzene rings is 1. The van der Waals surface area contributed by atoms with Gasteiger partial charge in [0.25, 0.3) is 0 Å². The average molecular weight is 223 g/mol. The quantitative estimate of drug-likeness (QED) is 0.719. The second-order valence-electron chi connectivity index (χ2n) is 3.65. The molecule has 0 aliphatic carbocycles. The van der Waals surface area contributed by atoms with Gasteiger partial charge in [-0.15, -0.1) is 0 Å². The molecule has 1 heterocycles. The third-order valence-corrected chi connectivity index (χ3v) is 2.46. The maximum Gasteiger partial charge on any atom is 0.417 e. The molecule has 0 saturated carbocycles. The molecule has 0 aliphatic heterocycles. The summed E-state index contributed by atoms with van der Waals surface area (Å²) in [7, 11) is 0. The number of aliphatic hydroxyl groups is 2. The van der Waals surface area contributed by atoms with Crippen LogP contribution in [-0.4, -0.2) is 21.8 Å². The van der Waals surface area contributed by atoms with Crippen LogP contribution in [0.4, 0.5) is 0 Å². The van der Waals surface area contributed by atoms with Crippen molar-refractivity contribution in [3.8, 4) is 0 Å². The molecule has 0 radical (unpaired) electrons. The number of aromatic nitrogens is 1. The highest BCUT2D eigenvalue weighted by Crippen LogP contribution is 2.21. The SMILES string of the molecule is O=c1[nH]c2cc(C(O)CCCO)ccc2o1. The van der Waals surface area contributed by atoms with Gasteiger partial charge in [-0.3, -0.25) is 4.98 Å². The van der Waals surface area contributed by atoms with Gasteiger partial charge in [0.15, 0.2) is 5.58 Å². The standard InChI is InChI=1S/C11H13NO4/c13-5-1-2-9(14)7-3-4-10-8(6-7)12-11(15)16-10/h3-4,6,9,13-14H,1-2,5H2,(H,12,15). The molecule has 16 heavy (non-hydrogen) atoms. The minimum Gasteiger partial charge on any atom is -0.408 e. The van der Waals surface area contributed by atoms with E-state index in [4.69, 9.17) is 9.52 Å². The monoisotopic (exact) mass is 223 g/mol. The van der Waals surface area contributed by atoms with Crippen LogP contribution in [0.5, 0.6) is 0 Å². The number of nitrogens with one attached hydrogen (secondary N) is 1. The fourth-order valence-corrected chi connectivity index (χ4v) is 1.63. The van der Waals surface area contributed by atoms with Gasteiger partial charge in [0, 0.05) is 6.61 Å². The lowest BCUT2D eigenvalue weighted by molar-refractivity contribution is 0.152. The van der Waals surface area contributed by atoms with Crippen LogP contribution < -0.4 is 5.76 Å². The van der Waals surface area contributed by atoms with Crippen LogP contribution in [0, 0.1) is 0 Å². The van der Waals surface area contributed by atoms with E-state index >= 15 is 0 Å². The van der Waals surface area contributed by atoms with E-state index in [0.717, 1.165) is 0 Å². The first-order valence-corrected chi connectivity index (χ1v) is 5.12. The lowest BCUT2D eigenvalue weighted by atomic mass is 10.0. The number of aliphatic hydroxyl groups excluding tert-OH is 2. The number of oxazole rings is 1. The summed E-state index contributed by atoms with van der Waals surface area (Å²) in [6.07, 6.45) is 0.403. The molecule has 0 aliphatic rings. The summed E-state index contributed by atoms with van der Waals surface area (Å²) < 4.78 is 4.85. The summed E-state index contributed by atoms with van der Waals surface area (Å²) in [4.78, 5) is 13.5. The van der Waals surface area contributed by atoms with Crippen LogP contribution >= 0.6 is 0 Å². The minimum absolute atomic E-state index is 0.0574. The summed E-state index contributed by atoms with van der Waals surface area (Å²) in [5.41, 5.74) is 1.76. The van der Waals surface area contributed by atoms with Gasteiger partial charge in [-0.05, 0) is 30.5 Å². The van der Waals surface area contributed by atoms with Crippen molar-refractivity contribution in [1.29, 1.82) is 0 Å².